The first-order valence-electron chi connectivity index (χ1n) is 10.6. The van der Waals surface area contributed by atoms with Crippen molar-refractivity contribution in [2.75, 3.05) is 10.2 Å². The smallest absolute Gasteiger partial charge is 0.250 e. The number of nitrogens with zero attached hydrogens (tertiary/aromatic N) is 1. The Morgan fingerprint density at radius 3 is 2.44 bits per heavy atom. The highest BCUT2D eigenvalue weighted by molar-refractivity contribution is 6.42. The molecule has 2 fully saturated rings. The van der Waals surface area contributed by atoms with E-state index in [0.717, 1.165) is 4.90 Å². The average Bonchev–Trinajstić information content (AvgIpc) is 3.36. The summed E-state index contributed by atoms with van der Waals surface area (Å²) in [5.74, 6) is -3.97. The van der Waals surface area contributed by atoms with E-state index in [-0.39, 0.29) is 28.6 Å². The van der Waals surface area contributed by atoms with E-state index < -0.39 is 47.0 Å². The number of nitrogens with two attached hydrogens (primary N) is 1. The molecule has 8 nitrogen and oxygen atoms in total. The van der Waals surface area contributed by atoms with Crippen molar-refractivity contribution < 1.29 is 19.2 Å². The number of nitrogens with one attached hydrogen (secondary N) is 2. The fraction of sp³-hybridized carbons (Fsp3) is 0.304. The standard InChI is InChI=1S/C23H19Cl3N4O4/c1-9-12(24)5-3-11-19(9)28-22(34)23(11)18-17(15(29-23)6-7-16(27)31)20(32)30(21(18)33)10-2-4-13(25)14(26)8-10/h2-5,8,15,17-18,29H,6-7H2,1H3,(H2,27,31)(H,28,34)/t15-,17-,18+,23-/m1/s1. The van der Waals surface area contributed by atoms with Gasteiger partial charge in [0.25, 0.3) is 0 Å². The number of amides is 4. The minimum atomic E-state index is -1.50. The number of imide groups is 1. The highest BCUT2D eigenvalue weighted by atomic mass is 35.5. The average molecular weight is 522 g/mol. The van der Waals surface area contributed by atoms with Crippen LogP contribution < -0.4 is 21.3 Å². The third-order valence-corrected chi connectivity index (χ3v) is 8.10. The molecule has 0 bridgehead atoms. The lowest BCUT2D eigenvalue weighted by molar-refractivity contribution is -0.130. The van der Waals surface area contributed by atoms with Crippen molar-refractivity contribution in [1.82, 2.24) is 5.32 Å². The first-order valence-corrected chi connectivity index (χ1v) is 11.7. The predicted molar refractivity (Wildman–Crippen MR) is 128 cm³/mol. The Morgan fingerprint density at radius 1 is 1.06 bits per heavy atom. The zero-order chi connectivity index (χ0) is 24.5. The number of fused-ring (bicyclic) bond motifs is 4. The van der Waals surface area contributed by atoms with E-state index in [9.17, 15) is 19.2 Å². The van der Waals surface area contributed by atoms with Crippen LogP contribution in [0.25, 0.3) is 0 Å². The Labute approximate surface area is 209 Å². The Morgan fingerprint density at radius 2 is 1.76 bits per heavy atom. The molecular formula is C23H19Cl3N4O4. The third-order valence-electron chi connectivity index (χ3n) is 6.95. The Bertz CT molecular complexity index is 1300. The second kappa shape index (κ2) is 7.95. The topological polar surface area (TPSA) is 122 Å². The fourth-order valence-corrected chi connectivity index (χ4v) is 5.86. The largest absolute Gasteiger partial charge is 0.370 e. The summed E-state index contributed by atoms with van der Waals surface area (Å²) in [6, 6.07) is 7.15. The van der Waals surface area contributed by atoms with Crippen LogP contribution >= 0.6 is 34.8 Å². The van der Waals surface area contributed by atoms with Gasteiger partial charge in [-0.05, 0) is 43.2 Å². The molecule has 0 saturated carbocycles. The maximum atomic E-state index is 13.8. The molecule has 2 aromatic rings. The molecule has 0 aliphatic carbocycles. The van der Waals surface area contributed by atoms with Crippen LogP contribution in [-0.4, -0.2) is 29.7 Å². The SMILES string of the molecule is Cc1c(Cl)ccc2c1NC(=O)[C@@]21N[C@H](CCC(N)=O)[C@H]2C(=O)N(c3ccc(Cl)c(Cl)c3)C(=O)[C@H]21. The van der Waals surface area contributed by atoms with Gasteiger partial charge >= 0.3 is 0 Å². The number of hydrogen-bond donors (Lipinski definition) is 3. The van der Waals surface area contributed by atoms with Gasteiger partial charge in [0.2, 0.25) is 23.6 Å². The Kier molecular flexibility index (Phi) is 5.40. The molecule has 0 unspecified atom stereocenters. The summed E-state index contributed by atoms with van der Waals surface area (Å²) < 4.78 is 0. The van der Waals surface area contributed by atoms with Crippen LogP contribution in [-0.2, 0) is 24.7 Å². The van der Waals surface area contributed by atoms with Crippen LogP contribution in [0.2, 0.25) is 15.1 Å². The number of carbonyl (C=O) groups is 4. The molecule has 34 heavy (non-hydrogen) atoms. The van der Waals surface area contributed by atoms with Gasteiger partial charge in [-0.25, -0.2) is 4.90 Å². The van der Waals surface area contributed by atoms with E-state index >= 15 is 0 Å². The molecule has 5 rings (SSSR count). The van der Waals surface area contributed by atoms with E-state index in [2.05, 4.69) is 10.6 Å². The lowest BCUT2D eigenvalue weighted by atomic mass is 9.76. The number of hydrogen-bond acceptors (Lipinski definition) is 5. The lowest BCUT2D eigenvalue weighted by Crippen LogP contribution is -2.53. The Hall–Kier alpha value is -2.65. The zero-order valence-corrected chi connectivity index (χ0v) is 20.1. The van der Waals surface area contributed by atoms with Gasteiger partial charge in [-0.1, -0.05) is 40.9 Å². The molecule has 2 aromatic carbocycles. The molecule has 0 aromatic heterocycles. The van der Waals surface area contributed by atoms with Crippen LogP contribution in [0, 0.1) is 18.8 Å². The summed E-state index contributed by atoms with van der Waals surface area (Å²) >= 11 is 18.4. The van der Waals surface area contributed by atoms with E-state index in [1.165, 1.54) is 18.2 Å². The van der Waals surface area contributed by atoms with Gasteiger partial charge in [-0.3, -0.25) is 24.5 Å². The maximum absolute atomic E-state index is 13.8. The highest BCUT2D eigenvalue weighted by Gasteiger charge is 2.70. The van der Waals surface area contributed by atoms with Crippen molar-refractivity contribution in [3.63, 3.8) is 0 Å². The van der Waals surface area contributed by atoms with Crippen LogP contribution in [0.3, 0.4) is 0 Å². The van der Waals surface area contributed by atoms with Crippen molar-refractivity contribution in [2.24, 2.45) is 17.6 Å². The second-order valence-electron chi connectivity index (χ2n) is 8.73. The minimum Gasteiger partial charge on any atom is -0.370 e. The van der Waals surface area contributed by atoms with Crippen molar-refractivity contribution in [3.8, 4) is 0 Å². The summed E-state index contributed by atoms with van der Waals surface area (Å²) in [5, 5.41) is 7.02. The normalized spacial score (nSPS) is 27.4. The molecule has 3 aliphatic rings. The summed E-state index contributed by atoms with van der Waals surface area (Å²) in [6.07, 6.45) is 0.168. The first-order chi connectivity index (χ1) is 16.1. The van der Waals surface area contributed by atoms with Gasteiger partial charge in [0.1, 0.15) is 5.54 Å². The lowest BCUT2D eigenvalue weighted by Gasteiger charge is -2.29. The number of rotatable bonds is 4. The number of halogens is 3. The second-order valence-corrected chi connectivity index (χ2v) is 9.95. The van der Waals surface area contributed by atoms with Gasteiger partial charge in [0, 0.05) is 23.0 Å². The first kappa shape index (κ1) is 23.1. The summed E-state index contributed by atoms with van der Waals surface area (Å²) in [5.41, 5.74) is 5.80. The molecule has 3 aliphatic heterocycles. The van der Waals surface area contributed by atoms with Crippen LogP contribution in [0.1, 0.15) is 24.0 Å². The van der Waals surface area contributed by atoms with Crippen molar-refractivity contribution in [1.29, 1.82) is 0 Å². The predicted octanol–water partition coefficient (Wildman–Crippen LogP) is 3.15. The van der Waals surface area contributed by atoms with Gasteiger partial charge < -0.3 is 11.1 Å². The minimum absolute atomic E-state index is 0.0146. The number of primary amides is 1. The third kappa shape index (κ3) is 3.09. The van der Waals surface area contributed by atoms with E-state index in [4.69, 9.17) is 40.5 Å². The molecule has 11 heteroatoms. The molecule has 0 radical (unpaired) electrons. The van der Waals surface area contributed by atoms with Gasteiger partial charge in [0.05, 0.1) is 33.3 Å². The van der Waals surface area contributed by atoms with Gasteiger partial charge in [-0.2, -0.15) is 0 Å². The van der Waals surface area contributed by atoms with Crippen LogP contribution in [0.5, 0.6) is 0 Å². The molecule has 1 spiro atoms. The monoisotopic (exact) mass is 520 g/mol. The van der Waals surface area contributed by atoms with E-state index in [1.54, 1.807) is 19.1 Å². The quantitative estimate of drug-likeness (QED) is 0.534. The number of benzene rings is 2. The van der Waals surface area contributed by atoms with E-state index in [1.807, 2.05) is 0 Å². The molecule has 176 valence electrons. The maximum Gasteiger partial charge on any atom is 0.250 e. The van der Waals surface area contributed by atoms with E-state index in [0.29, 0.717) is 21.8 Å². The number of anilines is 2. The summed E-state index contributed by atoms with van der Waals surface area (Å²) in [6.45, 7) is 1.76. The number of carbonyl (C=O) groups excluding carboxylic acids is 4. The molecular weight excluding hydrogens is 503 g/mol. The van der Waals surface area contributed by atoms with Crippen LogP contribution in [0.4, 0.5) is 11.4 Å². The fourth-order valence-electron chi connectivity index (χ4n) is 5.41. The molecule has 4 atom stereocenters. The molecule has 4 amide bonds. The molecule has 3 heterocycles. The van der Waals surface area contributed by atoms with Gasteiger partial charge in [0.15, 0.2) is 0 Å². The Balaban J connectivity index is 1.67. The van der Waals surface area contributed by atoms with Crippen molar-refractivity contribution in [2.45, 2.75) is 31.3 Å². The molecule has 2 saturated heterocycles. The molecule has 4 N–H and O–H groups in total. The zero-order valence-electron chi connectivity index (χ0n) is 17.8. The van der Waals surface area contributed by atoms with Crippen molar-refractivity contribution in [3.05, 3.63) is 56.5 Å². The van der Waals surface area contributed by atoms with Crippen molar-refractivity contribution >= 4 is 69.8 Å². The van der Waals surface area contributed by atoms with Gasteiger partial charge in [-0.15, -0.1) is 0 Å². The summed E-state index contributed by atoms with van der Waals surface area (Å²) in [7, 11) is 0. The highest BCUT2D eigenvalue weighted by Crippen LogP contribution is 2.55. The van der Waals surface area contributed by atoms with Crippen LogP contribution in [0.15, 0.2) is 30.3 Å². The summed E-state index contributed by atoms with van der Waals surface area (Å²) in [4.78, 5) is 53.6.